The van der Waals surface area contributed by atoms with E-state index < -0.39 is 0 Å². The molecular weight excluding hydrogens is 222 g/mol. The van der Waals surface area contributed by atoms with Gasteiger partial charge in [0.05, 0.1) is 6.61 Å². The maximum absolute atomic E-state index is 9.98. The summed E-state index contributed by atoms with van der Waals surface area (Å²) in [5, 5.41) is 9.98. The van der Waals surface area contributed by atoms with Gasteiger partial charge < -0.3 is 10.0 Å². The summed E-state index contributed by atoms with van der Waals surface area (Å²) in [7, 11) is 2.16. The Bertz CT molecular complexity index is 408. The van der Waals surface area contributed by atoms with Crippen molar-refractivity contribution in [1.82, 2.24) is 4.90 Å². The van der Waals surface area contributed by atoms with Crippen LogP contribution in [0.3, 0.4) is 0 Å². The van der Waals surface area contributed by atoms with Crippen LogP contribution in [0, 0.1) is 20.8 Å². The number of aryl methyl sites for hydroxylation is 3. The van der Waals surface area contributed by atoms with Crippen LogP contribution in [0.25, 0.3) is 0 Å². The van der Waals surface area contributed by atoms with Crippen LogP contribution in [0.1, 0.15) is 35.1 Å². The van der Waals surface area contributed by atoms with Crippen molar-refractivity contribution in [3.63, 3.8) is 0 Å². The molecule has 0 amide bonds. The van der Waals surface area contributed by atoms with Crippen LogP contribution in [0.5, 0.6) is 0 Å². The molecule has 1 aromatic rings. The number of hydrogen-bond donors (Lipinski definition) is 1. The van der Waals surface area contributed by atoms with E-state index in [9.17, 15) is 5.11 Å². The van der Waals surface area contributed by atoms with E-state index in [4.69, 9.17) is 0 Å². The fraction of sp³-hybridized carbons (Fsp3) is 0.625. The molecule has 1 N–H and O–H groups in total. The molecule has 0 atom stereocenters. The van der Waals surface area contributed by atoms with E-state index in [1.165, 1.54) is 22.3 Å². The zero-order valence-corrected chi connectivity index (χ0v) is 12.1. The maximum Gasteiger partial charge on any atom is 0.0529 e. The van der Waals surface area contributed by atoms with Gasteiger partial charge in [0.2, 0.25) is 0 Å². The summed E-state index contributed by atoms with van der Waals surface area (Å²) < 4.78 is 0. The van der Waals surface area contributed by atoms with E-state index in [0.717, 1.165) is 25.9 Å². The van der Waals surface area contributed by atoms with Gasteiger partial charge >= 0.3 is 0 Å². The van der Waals surface area contributed by atoms with Crippen LogP contribution >= 0.6 is 0 Å². The van der Waals surface area contributed by atoms with Crippen LogP contribution in [-0.4, -0.2) is 36.8 Å². The molecule has 0 saturated carbocycles. The predicted octanol–water partition coefficient (Wildman–Crippen LogP) is 2.57. The largest absolute Gasteiger partial charge is 0.395 e. The highest BCUT2D eigenvalue weighted by atomic mass is 16.3. The van der Waals surface area contributed by atoms with Gasteiger partial charge in [-0.25, -0.2) is 0 Å². The van der Waals surface area contributed by atoms with Gasteiger partial charge in [-0.2, -0.15) is 0 Å². The molecule has 2 nitrogen and oxygen atoms in total. The predicted molar refractivity (Wildman–Crippen MR) is 76.1 cm³/mol. The second-order valence-corrected chi connectivity index (χ2v) is 6.02. The van der Waals surface area contributed by atoms with Crippen molar-refractivity contribution in [2.75, 3.05) is 26.7 Å². The summed E-state index contributed by atoms with van der Waals surface area (Å²) in [5.41, 5.74) is 5.37. The van der Waals surface area contributed by atoms with E-state index in [-0.39, 0.29) is 12.0 Å². The number of likely N-dealkylation sites (tertiary alicyclic amines) is 1. The van der Waals surface area contributed by atoms with E-state index in [2.05, 4.69) is 44.9 Å². The lowest BCUT2D eigenvalue weighted by Gasteiger charge is -2.41. The highest BCUT2D eigenvalue weighted by Gasteiger charge is 2.36. The Morgan fingerprint density at radius 1 is 1.11 bits per heavy atom. The summed E-state index contributed by atoms with van der Waals surface area (Å²) in [6.07, 6.45) is 2.12. The fourth-order valence-corrected chi connectivity index (χ4v) is 3.55. The number of hydrogen-bond acceptors (Lipinski definition) is 2. The Morgan fingerprint density at radius 2 is 1.61 bits per heavy atom. The molecule has 100 valence electrons. The van der Waals surface area contributed by atoms with Gasteiger partial charge in [-0.3, -0.25) is 0 Å². The first-order chi connectivity index (χ1) is 8.48. The third-order valence-corrected chi connectivity index (χ3v) is 4.45. The first-order valence-corrected chi connectivity index (χ1v) is 6.86. The highest BCUT2D eigenvalue weighted by Crippen LogP contribution is 2.38. The van der Waals surface area contributed by atoms with E-state index in [1.54, 1.807) is 0 Å². The van der Waals surface area contributed by atoms with Crippen molar-refractivity contribution >= 4 is 0 Å². The molecule has 0 unspecified atom stereocenters. The molecule has 1 fully saturated rings. The summed E-state index contributed by atoms with van der Waals surface area (Å²) in [5.74, 6) is 0. The zero-order chi connectivity index (χ0) is 13.3. The molecule has 1 aromatic carbocycles. The van der Waals surface area contributed by atoms with Gasteiger partial charge in [0.25, 0.3) is 0 Å². The smallest absolute Gasteiger partial charge is 0.0529 e. The quantitative estimate of drug-likeness (QED) is 0.868. The van der Waals surface area contributed by atoms with Crippen molar-refractivity contribution < 1.29 is 5.11 Å². The second-order valence-electron chi connectivity index (χ2n) is 6.02. The molecule has 0 bridgehead atoms. The minimum Gasteiger partial charge on any atom is -0.395 e. The SMILES string of the molecule is Cc1cc(C)c(C2(CO)CCN(C)CC2)c(C)c1. The molecule has 1 aliphatic rings. The zero-order valence-electron chi connectivity index (χ0n) is 12.1. The number of aliphatic hydroxyl groups excluding tert-OH is 1. The number of piperidine rings is 1. The van der Waals surface area contributed by atoms with E-state index in [1.807, 2.05) is 0 Å². The lowest BCUT2D eigenvalue weighted by atomic mass is 9.70. The van der Waals surface area contributed by atoms with Crippen molar-refractivity contribution in [3.05, 3.63) is 34.4 Å². The first kappa shape index (κ1) is 13.6. The number of aliphatic hydroxyl groups is 1. The van der Waals surface area contributed by atoms with Crippen molar-refractivity contribution in [1.29, 1.82) is 0 Å². The van der Waals surface area contributed by atoms with Crippen LogP contribution in [0.4, 0.5) is 0 Å². The van der Waals surface area contributed by atoms with Crippen LogP contribution in [-0.2, 0) is 5.41 Å². The molecule has 2 heteroatoms. The third-order valence-electron chi connectivity index (χ3n) is 4.45. The van der Waals surface area contributed by atoms with Gasteiger partial charge in [0.1, 0.15) is 0 Å². The topological polar surface area (TPSA) is 23.5 Å². The van der Waals surface area contributed by atoms with Crippen LogP contribution < -0.4 is 0 Å². The Morgan fingerprint density at radius 3 is 2.06 bits per heavy atom. The molecule has 18 heavy (non-hydrogen) atoms. The van der Waals surface area contributed by atoms with Gasteiger partial charge in [0, 0.05) is 5.41 Å². The van der Waals surface area contributed by atoms with E-state index in [0.29, 0.717) is 0 Å². The second kappa shape index (κ2) is 5.02. The monoisotopic (exact) mass is 247 g/mol. The number of nitrogens with zero attached hydrogens (tertiary/aromatic N) is 1. The summed E-state index contributed by atoms with van der Waals surface area (Å²) in [6, 6.07) is 4.50. The molecule has 0 radical (unpaired) electrons. The van der Waals surface area contributed by atoms with Crippen LogP contribution in [0.15, 0.2) is 12.1 Å². The Balaban J connectivity index is 2.45. The van der Waals surface area contributed by atoms with Gasteiger partial charge in [-0.15, -0.1) is 0 Å². The maximum atomic E-state index is 9.98. The third kappa shape index (κ3) is 2.32. The average Bonchev–Trinajstić information content (AvgIpc) is 2.30. The average molecular weight is 247 g/mol. The highest BCUT2D eigenvalue weighted by molar-refractivity contribution is 5.43. The minimum absolute atomic E-state index is 0.0195. The minimum atomic E-state index is -0.0195. The van der Waals surface area contributed by atoms with Gasteiger partial charge in [0.15, 0.2) is 0 Å². The molecule has 0 spiro atoms. The van der Waals surface area contributed by atoms with E-state index >= 15 is 0 Å². The molecule has 1 saturated heterocycles. The molecule has 2 rings (SSSR count). The number of benzene rings is 1. The van der Waals surface area contributed by atoms with Crippen molar-refractivity contribution in [2.24, 2.45) is 0 Å². The van der Waals surface area contributed by atoms with Crippen molar-refractivity contribution in [2.45, 2.75) is 39.0 Å². The number of rotatable bonds is 2. The molecular formula is C16H25NO. The summed E-state index contributed by atoms with van der Waals surface area (Å²) in [4.78, 5) is 2.35. The molecule has 1 aliphatic heterocycles. The normalized spacial score (nSPS) is 20.1. The lowest BCUT2D eigenvalue weighted by molar-refractivity contribution is 0.113. The van der Waals surface area contributed by atoms with Gasteiger partial charge in [-0.1, -0.05) is 17.7 Å². The molecule has 0 aromatic heterocycles. The standard InChI is InChI=1S/C16H25NO/c1-12-9-13(2)15(14(3)10-12)16(11-18)5-7-17(4)8-6-16/h9-10,18H,5-8,11H2,1-4H3. The van der Waals surface area contributed by atoms with Crippen molar-refractivity contribution in [3.8, 4) is 0 Å². The first-order valence-electron chi connectivity index (χ1n) is 6.86. The lowest BCUT2D eigenvalue weighted by Crippen LogP contribution is -2.44. The summed E-state index contributed by atoms with van der Waals surface area (Å²) >= 11 is 0. The molecule has 0 aliphatic carbocycles. The fourth-order valence-electron chi connectivity index (χ4n) is 3.55. The molecule has 1 heterocycles. The van der Waals surface area contributed by atoms with Gasteiger partial charge in [-0.05, 0) is 70.4 Å². The Labute approximate surface area is 111 Å². The summed E-state index contributed by atoms with van der Waals surface area (Å²) in [6.45, 7) is 8.94. The Kier molecular flexibility index (Phi) is 3.79. The van der Waals surface area contributed by atoms with Crippen LogP contribution in [0.2, 0.25) is 0 Å². The Hall–Kier alpha value is -0.860.